The van der Waals surface area contributed by atoms with Crippen LogP contribution in [0.15, 0.2) is 91.1 Å². The van der Waals surface area contributed by atoms with Gasteiger partial charge in [0.25, 0.3) is 0 Å². The van der Waals surface area contributed by atoms with E-state index in [0.717, 1.165) is 45.4 Å². The maximum Gasteiger partial charge on any atom is 0.0457 e. The molecule has 0 amide bonds. The van der Waals surface area contributed by atoms with Crippen LogP contribution in [-0.2, 0) is 5.41 Å². The van der Waals surface area contributed by atoms with E-state index in [9.17, 15) is 0 Å². The number of rotatable bonds is 7. The summed E-state index contributed by atoms with van der Waals surface area (Å²) in [7, 11) is 0. The second kappa shape index (κ2) is 9.32. The number of benzene rings is 3. The predicted octanol–water partition coefficient (Wildman–Crippen LogP) is 5.68. The molecule has 1 saturated heterocycles. The van der Waals surface area contributed by atoms with E-state index in [2.05, 4.69) is 101 Å². The van der Waals surface area contributed by atoms with Crippen molar-refractivity contribution in [1.82, 2.24) is 9.88 Å². The average molecular weight is 424 g/mol. The number of nitrogens with one attached hydrogen (secondary N) is 1. The van der Waals surface area contributed by atoms with E-state index in [0.29, 0.717) is 5.92 Å². The molecule has 1 atom stereocenters. The van der Waals surface area contributed by atoms with Gasteiger partial charge in [-0.05, 0) is 61.7 Å². The number of aromatic amines is 1. The van der Waals surface area contributed by atoms with E-state index in [1.165, 1.54) is 27.6 Å². The molecular formula is C29H33N3. The predicted molar refractivity (Wildman–Crippen MR) is 134 cm³/mol. The summed E-state index contributed by atoms with van der Waals surface area (Å²) in [5.74, 6) is 0.391. The SMILES string of the molecule is NCC1(c2ccccc2)CCN(CCC(c2ccccc2)c2c[nH]c3ccccc23)CC1. The van der Waals surface area contributed by atoms with Crippen LogP contribution < -0.4 is 5.73 Å². The first-order valence-electron chi connectivity index (χ1n) is 11.9. The Kier molecular flexibility index (Phi) is 6.11. The summed E-state index contributed by atoms with van der Waals surface area (Å²) in [6.45, 7) is 4.06. The van der Waals surface area contributed by atoms with Crippen molar-refractivity contribution >= 4 is 10.9 Å². The number of piperidine rings is 1. The molecule has 3 nitrogen and oxygen atoms in total. The molecule has 1 aliphatic heterocycles. The van der Waals surface area contributed by atoms with Crippen LogP contribution in [0.4, 0.5) is 0 Å². The van der Waals surface area contributed by atoms with Gasteiger partial charge >= 0.3 is 0 Å². The second-order valence-corrected chi connectivity index (χ2v) is 9.23. The summed E-state index contributed by atoms with van der Waals surface area (Å²) in [5.41, 5.74) is 11.9. The van der Waals surface area contributed by atoms with Crippen LogP contribution in [0.1, 0.15) is 41.9 Å². The lowest BCUT2D eigenvalue weighted by atomic mass is 9.73. The molecule has 0 bridgehead atoms. The molecule has 0 radical (unpaired) electrons. The Balaban J connectivity index is 1.32. The number of aromatic nitrogens is 1. The number of H-pyrrole nitrogens is 1. The summed E-state index contributed by atoms with van der Waals surface area (Å²) in [6, 6.07) is 30.5. The third kappa shape index (κ3) is 4.11. The molecule has 3 heteroatoms. The monoisotopic (exact) mass is 423 g/mol. The third-order valence-electron chi connectivity index (χ3n) is 7.52. The van der Waals surface area contributed by atoms with Crippen LogP contribution in [-0.4, -0.2) is 36.1 Å². The highest BCUT2D eigenvalue weighted by Gasteiger charge is 2.35. The van der Waals surface area contributed by atoms with Crippen LogP contribution in [0.2, 0.25) is 0 Å². The molecule has 164 valence electrons. The lowest BCUT2D eigenvalue weighted by Gasteiger charge is -2.42. The zero-order chi connectivity index (χ0) is 21.8. The Bertz CT molecular complexity index is 1120. The van der Waals surface area contributed by atoms with Gasteiger partial charge in [0.2, 0.25) is 0 Å². The van der Waals surface area contributed by atoms with Gasteiger partial charge in [0.1, 0.15) is 0 Å². The van der Waals surface area contributed by atoms with Crippen molar-refractivity contribution < 1.29 is 0 Å². The minimum atomic E-state index is 0.132. The Morgan fingerprint density at radius 1 is 0.844 bits per heavy atom. The molecule has 0 saturated carbocycles. The van der Waals surface area contributed by atoms with Gasteiger partial charge in [-0.25, -0.2) is 0 Å². The van der Waals surface area contributed by atoms with Crippen molar-refractivity contribution in [2.24, 2.45) is 5.73 Å². The van der Waals surface area contributed by atoms with Crippen LogP contribution in [0, 0.1) is 0 Å². The number of likely N-dealkylation sites (tertiary alicyclic amines) is 1. The molecule has 0 spiro atoms. The maximum atomic E-state index is 6.31. The first-order valence-corrected chi connectivity index (χ1v) is 11.9. The van der Waals surface area contributed by atoms with E-state index in [1.54, 1.807) is 0 Å². The van der Waals surface area contributed by atoms with Gasteiger partial charge < -0.3 is 15.6 Å². The second-order valence-electron chi connectivity index (χ2n) is 9.23. The topological polar surface area (TPSA) is 45.0 Å². The maximum absolute atomic E-state index is 6.31. The highest BCUT2D eigenvalue weighted by atomic mass is 15.1. The summed E-state index contributed by atoms with van der Waals surface area (Å²) in [4.78, 5) is 6.13. The van der Waals surface area contributed by atoms with Crippen molar-refractivity contribution in [3.05, 3.63) is 108 Å². The number of fused-ring (bicyclic) bond motifs is 1. The van der Waals surface area contributed by atoms with Gasteiger partial charge in [0, 0.05) is 35.0 Å². The standard InChI is InChI=1S/C29H33N3/c30-22-29(24-11-5-2-6-12-24)16-19-32(20-17-29)18-15-25(23-9-3-1-4-10-23)27-21-31-28-14-8-7-13-26(27)28/h1-14,21,25,31H,15-20,22,30H2. The number of nitrogens with two attached hydrogens (primary N) is 1. The van der Waals surface area contributed by atoms with E-state index in [1.807, 2.05) is 0 Å². The Hall–Kier alpha value is -2.88. The fourth-order valence-corrected chi connectivity index (χ4v) is 5.49. The van der Waals surface area contributed by atoms with Crippen molar-refractivity contribution in [3.63, 3.8) is 0 Å². The lowest BCUT2D eigenvalue weighted by Crippen LogP contribution is -2.47. The molecule has 5 rings (SSSR count). The number of hydrogen-bond donors (Lipinski definition) is 2. The largest absolute Gasteiger partial charge is 0.361 e. The van der Waals surface area contributed by atoms with Crippen molar-refractivity contribution in [1.29, 1.82) is 0 Å². The summed E-state index contributed by atoms with van der Waals surface area (Å²) in [6.07, 6.45) is 5.60. The van der Waals surface area contributed by atoms with E-state index in [-0.39, 0.29) is 5.41 Å². The molecule has 32 heavy (non-hydrogen) atoms. The zero-order valence-electron chi connectivity index (χ0n) is 18.7. The Morgan fingerprint density at radius 3 is 2.22 bits per heavy atom. The summed E-state index contributed by atoms with van der Waals surface area (Å²) in [5, 5.41) is 1.34. The smallest absolute Gasteiger partial charge is 0.0457 e. The lowest BCUT2D eigenvalue weighted by molar-refractivity contribution is 0.159. The number of para-hydroxylation sites is 1. The molecule has 1 unspecified atom stereocenters. The summed E-state index contributed by atoms with van der Waals surface area (Å²) >= 11 is 0. The average Bonchev–Trinajstić information content (AvgIpc) is 3.30. The van der Waals surface area contributed by atoms with E-state index >= 15 is 0 Å². The molecular weight excluding hydrogens is 390 g/mol. The van der Waals surface area contributed by atoms with Crippen molar-refractivity contribution in [2.45, 2.75) is 30.6 Å². The van der Waals surface area contributed by atoms with Gasteiger partial charge in [-0.15, -0.1) is 0 Å². The normalized spacial score (nSPS) is 17.4. The first kappa shape index (κ1) is 21.0. The zero-order valence-corrected chi connectivity index (χ0v) is 18.7. The fraction of sp³-hybridized carbons (Fsp3) is 0.310. The minimum Gasteiger partial charge on any atom is -0.361 e. The number of hydrogen-bond acceptors (Lipinski definition) is 2. The van der Waals surface area contributed by atoms with Crippen LogP contribution in [0.3, 0.4) is 0 Å². The van der Waals surface area contributed by atoms with Gasteiger partial charge in [-0.3, -0.25) is 0 Å². The van der Waals surface area contributed by atoms with Gasteiger partial charge in [-0.2, -0.15) is 0 Å². The third-order valence-corrected chi connectivity index (χ3v) is 7.52. The quantitative estimate of drug-likeness (QED) is 0.401. The highest BCUT2D eigenvalue weighted by Crippen LogP contribution is 2.37. The molecule has 3 aromatic carbocycles. The van der Waals surface area contributed by atoms with Crippen molar-refractivity contribution in [2.75, 3.05) is 26.2 Å². The Labute approximate surface area is 191 Å². The molecule has 3 N–H and O–H groups in total. The molecule has 0 aliphatic carbocycles. The molecule has 1 aliphatic rings. The van der Waals surface area contributed by atoms with Crippen LogP contribution in [0.25, 0.3) is 10.9 Å². The Morgan fingerprint density at radius 2 is 1.50 bits per heavy atom. The van der Waals surface area contributed by atoms with Crippen LogP contribution >= 0.6 is 0 Å². The minimum absolute atomic E-state index is 0.132. The number of nitrogens with zero attached hydrogens (tertiary/aromatic N) is 1. The highest BCUT2D eigenvalue weighted by molar-refractivity contribution is 5.84. The molecule has 4 aromatic rings. The van der Waals surface area contributed by atoms with Crippen molar-refractivity contribution in [3.8, 4) is 0 Å². The van der Waals surface area contributed by atoms with E-state index in [4.69, 9.17) is 5.73 Å². The van der Waals surface area contributed by atoms with Gasteiger partial charge in [-0.1, -0.05) is 78.9 Å². The van der Waals surface area contributed by atoms with Crippen LogP contribution in [0.5, 0.6) is 0 Å². The van der Waals surface area contributed by atoms with Gasteiger partial charge in [0.15, 0.2) is 0 Å². The fourth-order valence-electron chi connectivity index (χ4n) is 5.49. The molecule has 2 heterocycles. The summed E-state index contributed by atoms with van der Waals surface area (Å²) < 4.78 is 0. The van der Waals surface area contributed by atoms with Gasteiger partial charge in [0.05, 0.1) is 0 Å². The molecule has 1 fully saturated rings. The first-order chi connectivity index (χ1) is 15.8. The molecule has 1 aromatic heterocycles. The van der Waals surface area contributed by atoms with E-state index < -0.39 is 0 Å².